The zero-order chi connectivity index (χ0) is 13.9. The number of anilines is 1. The lowest BCUT2D eigenvalue weighted by Gasteiger charge is -2.13. The Labute approximate surface area is 129 Å². The minimum Gasteiger partial charge on any atom is -0.451 e. The second-order valence-corrected chi connectivity index (χ2v) is 5.72. The molecule has 0 amide bonds. The van der Waals surface area contributed by atoms with Crippen LogP contribution in [0.2, 0.25) is 0 Å². The number of para-hydroxylation sites is 1. The zero-order valence-corrected chi connectivity index (χ0v) is 12.7. The molecule has 1 aromatic heterocycles. The van der Waals surface area contributed by atoms with Gasteiger partial charge in [-0.3, -0.25) is 0 Å². The summed E-state index contributed by atoms with van der Waals surface area (Å²) in [6.45, 7) is 0. The summed E-state index contributed by atoms with van der Waals surface area (Å²) in [6.07, 6.45) is 3.85. The van der Waals surface area contributed by atoms with Crippen molar-refractivity contribution in [2.45, 2.75) is 18.9 Å². The molecule has 0 radical (unpaired) electrons. The molecule has 1 aliphatic carbocycles. The Balaban J connectivity index is 2.00. The number of nitrogens with one attached hydrogen (secondary N) is 1. The van der Waals surface area contributed by atoms with Crippen LogP contribution in [-0.2, 0) is 0 Å². The molecule has 5 nitrogen and oxygen atoms in total. The number of halogens is 1. The third kappa shape index (κ3) is 2.90. The van der Waals surface area contributed by atoms with Gasteiger partial charge in [0.1, 0.15) is 5.75 Å². The van der Waals surface area contributed by atoms with Crippen LogP contribution < -0.4 is 10.1 Å². The molecule has 1 aromatic carbocycles. The van der Waals surface area contributed by atoms with Crippen LogP contribution in [0, 0.1) is 8.48 Å². The van der Waals surface area contributed by atoms with Gasteiger partial charge < -0.3 is 10.1 Å². The normalized spacial score (nSPS) is 13.8. The van der Waals surface area contributed by atoms with E-state index in [0.717, 1.165) is 12.8 Å². The molecule has 102 valence electrons. The fraction of sp³-hybridized carbons (Fsp3) is 0.214. The topological polar surface area (TPSA) is 63.6 Å². The Morgan fingerprint density at radius 3 is 2.70 bits per heavy atom. The van der Waals surface area contributed by atoms with Gasteiger partial charge in [-0.05, 0) is 52.7 Å². The SMILES string of the molecule is O=Nc1c(I)cnc(NC2CC2)c1Oc1ccccc1. The van der Waals surface area contributed by atoms with Gasteiger partial charge >= 0.3 is 0 Å². The molecule has 0 saturated heterocycles. The summed E-state index contributed by atoms with van der Waals surface area (Å²) < 4.78 is 6.49. The first-order valence-electron chi connectivity index (χ1n) is 6.29. The van der Waals surface area contributed by atoms with Crippen LogP contribution in [-0.4, -0.2) is 11.0 Å². The maximum absolute atomic E-state index is 11.1. The third-order valence-electron chi connectivity index (χ3n) is 2.94. The van der Waals surface area contributed by atoms with E-state index in [2.05, 4.69) is 15.5 Å². The number of rotatable bonds is 5. The molecule has 6 heteroatoms. The second kappa shape index (κ2) is 5.74. The molecule has 0 aliphatic heterocycles. The minimum absolute atomic E-state index is 0.285. The Morgan fingerprint density at radius 2 is 2.05 bits per heavy atom. The van der Waals surface area contributed by atoms with Crippen molar-refractivity contribution >= 4 is 34.1 Å². The highest BCUT2D eigenvalue weighted by molar-refractivity contribution is 14.1. The Hall–Kier alpha value is -1.70. The van der Waals surface area contributed by atoms with Gasteiger partial charge in [-0.1, -0.05) is 18.2 Å². The van der Waals surface area contributed by atoms with Crippen LogP contribution >= 0.6 is 22.6 Å². The summed E-state index contributed by atoms with van der Waals surface area (Å²) in [5, 5.41) is 6.36. The Morgan fingerprint density at radius 1 is 1.30 bits per heavy atom. The molecule has 0 bridgehead atoms. The van der Waals surface area contributed by atoms with E-state index >= 15 is 0 Å². The van der Waals surface area contributed by atoms with Gasteiger partial charge in [0.05, 0.1) is 3.57 Å². The second-order valence-electron chi connectivity index (χ2n) is 4.56. The molecule has 20 heavy (non-hydrogen) atoms. The summed E-state index contributed by atoms with van der Waals surface area (Å²) in [7, 11) is 0. The molecule has 1 saturated carbocycles. The van der Waals surface area contributed by atoms with Gasteiger partial charge in [-0.2, -0.15) is 0 Å². The van der Waals surface area contributed by atoms with Gasteiger partial charge in [-0.15, -0.1) is 4.91 Å². The molecule has 1 aliphatic rings. The number of nitroso groups, excluding NO2 is 1. The number of pyridine rings is 1. The highest BCUT2D eigenvalue weighted by Crippen LogP contribution is 2.41. The van der Waals surface area contributed by atoms with E-state index in [4.69, 9.17) is 4.74 Å². The summed E-state index contributed by atoms with van der Waals surface area (Å²) in [4.78, 5) is 15.4. The number of benzene rings is 1. The fourth-order valence-electron chi connectivity index (χ4n) is 1.77. The fourth-order valence-corrected chi connectivity index (χ4v) is 2.26. The largest absolute Gasteiger partial charge is 0.451 e. The van der Waals surface area contributed by atoms with E-state index in [1.807, 2.05) is 52.9 Å². The van der Waals surface area contributed by atoms with Gasteiger partial charge in [0.15, 0.2) is 17.3 Å². The Kier molecular flexibility index (Phi) is 3.81. The molecule has 1 fully saturated rings. The summed E-state index contributed by atoms with van der Waals surface area (Å²) in [5.41, 5.74) is 0.285. The van der Waals surface area contributed by atoms with E-state index in [9.17, 15) is 4.91 Å². The van der Waals surface area contributed by atoms with Gasteiger partial charge in [0, 0.05) is 12.2 Å². The molecular weight excluding hydrogens is 369 g/mol. The van der Waals surface area contributed by atoms with Crippen molar-refractivity contribution in [1.82, 2.24) is 4.98 Å². The molecule has 1 N–H and O–H groups in total. The molecule has 0 spiro atoms. The van der Waals surface area contributed by atoms with Crippen LogP contribution in [0.25, 0.3) is 0 Å². The first kappa shape index (κ1) is 13.3. The standard InChI is InChI=1S/C14H12IN3O2/c15-11-8-16-14(17-9-6-7-9)13(12(11)18-19)20-10-4-2-1-3-5-10/h1-5,8-9H,6-7H2,(H,16,17). The van der Waals surface area contributed by atoms with Crippen molar-refractivity contribution in [3.63, 3.8) is 0 Å². The molecular formula is C14H12IN3O2. The summed E-state index contributed by atoms with van der Waals surface area (Å²) in [5.74, 6) is 1.62. The first-order valence-corrected chi connectivity index (χ1v) is 7.37. The number of aromatic nitrogens is 1. The van der Waals surface area contributed by atoms with Gasteiger partial charge in [0.2, 0.25) is 0 Å². The minimum atomic E-state index is 0.285. The van der Waals surface area contributed by atoms with Crippen LogP contribution in [0.3, 0.4) is 0 Å². The van der Waals surface area contributed by atoms with E-state index in [1.54, 1.807) is 6.20 Å². The quantitative estimate of drug-likeness (QED) is 0.614. The summed E-state index contributed by atoms with van der Waals surface area (Å²) >= 11 is 2.03. The highest BCUT2D eigenvalue weighted by atomic mass is 127. The first-order chi connectivity index (χ1) is 9.78. The van der Waals surface area contributed by atoms with Crippen molar-refractivity contribution in [2.24, 2.45) is 5.18 Å². The van der Waals surface area contributed by atoms with E-state index in [0.29, 0.717) is 26.9 Å². The van der Waals surface area contributed by atoms with Crippen LogP contribution in [0.5, 0.6) is 11.5 Å². The molecule has 1 heterocycles. The lowest BCUT2D eigenvalue weighted by Crippen LogP contribution is -2.05. The van der Waals surface area contributed by atoms with Crippen molar-refractivity contribution < 1.29 is 4.74 Å². The smallest absolute Gasteiger partial charge is 0.199 e. The van der Waals surface area contributed by atoms with Crippen molar-refractivity contribution in [3.8, 4) is 11.5 Å². The molecule has 0 unspecified atom stereocenters. The van der Waals surface area contributed by atoms with Crippen LogP contribution in [0.4, 0.5) is 11.5 Å². The maximum atomic E-state index is 11.1. The Bertz CT molecular complexity index is 630. The van der Waals surface area contributed by atoms with Gasteiger partial charge in [0.25, 0.3) is 0 Å². The predicted molar refractivity (Wildman–Crippen MR) is 85.6 cm³/mol. The molecule has 2 aromatic rings. The van der Waals surface area contributed by atoms with E-state index in [1.165, 1.54) is 0 Å². The average molecular weight is 381 g/mol. The maximum Gasteiger partial charge on any atom is 0.199 e. The van der Waals surface area contributed by atoms with E-state index < -0.39 is 0 Å². The monoisotopic (exact) mass is 381 g/mol. The summed E-state index contributed by atoms with van der Waals surface area (Å²) in [6, 6.07) is 9.73. The van der Waals surface area contributed by atoms with Gasteiger partial charge in [-0.25, -0.2) is 4.98 Å². The predicted octanol–water partition coefficient (Wildman–Crippen LogP) is 4.45. The molecule has 3 rings (SSSR count). The van der Waals surface area contributed by atoms with E-state index in [-0.39, 0.29) is 5.69 Å². The number of ether oxygens (including phenoxy) is 1. The number of hydrogen-bond acceptors (Lipinski definition) is 5. The van der Waals surface area contributed by atoms with Crippen LogP contribution in [0.1, 0.15) is 12.8 Å². The molecule has 0 atom stereocenters. The average Bonchev–Trinajstić information content (AvgIpc) is 3.27. The van der Waals surface area contributed by atoms with Crippen molar-refractivity contribution in [2.75, 3.05) is 5.32 Å². The highest BCUT2D eigenvalue weighted by Gasteiger charge is 2.25. The van der Waals surface area contributed by atoms with Crippen molar-refractivity contribution in [1.29, 1.82) is 0 Å². The van der Waals surface area contributed by atoms with Crippen LogP contribution in [0.15, 0.2) is 41.7 Å². The third-order valence-corrected chi connectivity index (χ3v) is 3.73. The van der Waals surface area contributed by atoms with Crippen molar-refractivity contribution in [3.05, 3.63) is 45.0 Å². The lowest BCUT2D eigenvalue weighted by atomic mass is 10.3. The number of hydrogen-bond donors (Lipinski definition) is 1. The zero-order valence-electron chi connectivity index (χ0n) is 10.5. The number of nitrogens with zero attached hydrogens (tertiary/aromatic N) is 2. The lowest BCUT2D eigenvalue weighted by molar-refractivity contribution is 0.483.